The van der Waals surface area contributed by atoms with Gasteiger partial charge in [-0.25, -0.2) is 8.42 Å². The Morgan fingerprint density at radius 2 is 1.70 bits per heavy atom. The summed E-state index contributed by atoms with van der Waals surface area (Å²) in [5.74, 6) is 0.324. The molecule has 0 aliphatic heterocycles. The largest absolute Gasteiger partial charge is 0.491 e. The third-order valence-electron chi connectivity index (χ3n) is 4.83. The molecular weight excluding hydrogens is 460 g/mol. The number of carbonyl (C=O) groups is 1. The zero-order valence-corrected chi connectivity index (χ0v) is 20.4. The lowest BCUT2D eigenvalue weighted by Gasteiger charge is -2.25. The minimum Gasteiger partial charge on any atom is -0.491 e. The molecule has 0 atom stereocenters. The number of ether oxygens (including phenoxy) is 1. The van der Waals surface area contributed by atoms with Crippen molar-refractivity contribution in [3.05, 3.63) is 88.9 Å². The van der Waals surface area contributed by atoms with Gasteiger partial charge in [-0.15, -0.1) is 0 Å². The van der Waals surface area contributed by atoms with Crippen LogP contribution in [0.2, 0.25) is 5.02 Å². The van der Waals surface area contributed by atoms with Gasteiger partial charge in [0.1, 0.15) is 12.3 Å². The van der Waals surface area contributed by atoms with Crippen molar-refractivity contribution < 1.29 is 17.9 Å². The number of halogens is 1. The Morgan fingerprint density at radius 3 is 2.30 bits per heavy atom. The number of sulfonamides is 1. The molecule has 0 fully saturated rings. The van der Waals surface area contributed by atoms with Crippen LogP contribution in [0.3, 0.4) is 0 Å². The molecule has 0 aromatic heterocycles. The molecule has 3 rings (SSSR count). The Bertz CT molecular complexity index is 1200. The van der Waals surface area contributed by atoms with Crippen molar-refractivity contribution >= 4 is 33.2 Å². The van der Waals surface area contributed by atoms with Crippen molar-refractivity contribution in [2.24, 2.45) is 0 Å². The standard InChI is InChI=1S/C25H27ClN2O4S/c1-18(2)32-22-12-9-20(10-13-22)16-27-25(29)17-28(24-14-11-21(26)15-19(24)3)33(30,31)23-7-5-4-6-8-23/h4-15,18H,16-17H2,1-3H3,(H,27,29). The topological polar surface area (TPSA) is 75.7 Å². The third kappa shape index (κ3) is 6.49. The van der Waals surface area contributed by atoms with E-state index >= 15 is 0 Å². The van der Waals surface area contributed by atoms with Gasteiger partial charge in [0.2, 0.25) is 5.91 Å². The zero-order chi connectivity index (χ0) is 24.0. The normalized spacial score (nSPS) is 11.3. The van der Waals surface area contributed by atoms with Gasteiger partial charge in [-0.05, 0) is 74.4 Å². The van der Waals surface area contributed by atoms with Gasteiger partial charge in [0.05, 0.1) is 16.7 Å². The van der Waals surface area contributed by atoms with Crippen molar-refractivity contribution in [3.63, 3.8) is 0 Å². The summed E-state index contributed by atoms with van der Waals surface area (Å²) >= 11 is 6.06. The molecular formula is C25H27ClN2O4S. The third-order valence-corrected chi connectivity index (χ3v) is 6.84. The van der Waals surface area contributed by atoms with Crippen LogP contribution in [0.5, 0.6) is 5.75 Å². The first-order valence-corrected chi connectivity index (χ1v) is 12.3. The molecule has 0 spiro atoms. The van der Waals surface area contributed by atoms with E-state index in [1.54, 1.807) is 43.3 Å². The lowest BCUT2D eigenvalue weighted by molar-refractivity contribution is -0.119. The second-order valence-electron chi connectivity index (χ2n) is 7.84. The van der Waals surface area contributed by atoms with E-state index in [2.05, 4.69) is 5.32 Å². The predicted octanol–water partition coefficient (Wildman–Crippen LogP) is 4.95. The van der Waals surface area contributed by atoms with Crippen LogP contribution in [0.25, 0.3) is 0 Å². The Balaban J connectivity index is 1.79. The average Bonchev–Trinajstić information content (AvgIpc) is 2.77. The minimum absolute atomic E-state index is 0.0735. The lowest BCUT2D eigenvalue weighted by atomic mass is 10.2. The number of anilines is 1. The summed E-state index contributed by atoms with van der Waals surface area (Å²) in [5.41, 5.74) is 1.92. The highest BCUT2D eigenvalue weighted by atomic mass is 35.5. The van der Waals surface area contributed by atoms with Gasteiger partial charge in [-0.3, -0.25) is 9.10 Å². The van der Waals surface area contributed by atoms with E-state index in [4.69, 9.17) is 16.3 Å². The fourth-order valence-electron chi connectivity index (χ4n) is 3.26. The van der Waals surface area contributed by atoms with Crippen molar-refractivity contribution in [1.82, 2.24) is 5.32 Å². The molecule has 0 aliphatic carbocycles. The molecule has 0 aliphatic rings. The van der Waals surface area contributed by atoms with E-state index in [-0.39, 0.29) is 24.1 Å². The van der Waals surface area contributed by atoms with Crippen LogP contribution in [0, 0.1) is 6.92 Å². The number of carbonyl (C=O) groups excluding carboxylic acids is 1. The number of nitrogens with one attached hydrogen (secondary N) is 1. The molecule has 0 saturated heterocycles. The maximum atomic E-state index is 13.4. The van der Waals surface area contributed by atoms with E-state index in [1.807, 2.05) is 38.1 Å². The van der Waals surface area contributed by atoms with Crippen LogP contribution in [-0.2, 0) is 21.4 Å². The molecule has 0 radical (unpaired) electrons. The lowest BCUT2D eigenvalue weighted by Crippen LogP contribution is -2.41. The maximum absolute atomic E-state index is 13.4. The number of rotatable bonds is 9. The highest BCUT2D eigenvalue weighted by Crippen LogP contribution is 2.28. The fourth-order valence-corrected chi connectivity index (χ4v) is 5.00. The molecule has 1 amide bonds. The quantitative estimate of drug-likeness (QED) is 0.464. The highest BCUT2D eigenvalue weighted by Gasteiger charge is 2.28. The molecule has 3 aromatic carbocycles. The number of hydrogen-bond donors (Lipinski definition) is 1. The summed E-state index contributed by atoms with van der Waals surface area (Å²) in [5, 5.41) is 3.29. The molecule has 3 aromatic rings. The first-order chi connectivity index (χ1) is 15.7. The van der Waals surface area contributed by atoms with Crippen molar-refractivity contribution in [1.29, 1.82) is 0 Å². The van der Waals surface area contributed by atoms with E-state index < -0.39 is 15.9 Å². The van der Waals surface area contributed by atoms with Crippen molar-refractivity contribution in [3.8, 4) is 5.75 Å². The SMILES string of the molecule is Cc1cc(Cl)ccc1N(CC(=O)NCc1ccc(OC(C)C)cc1)S(=O)(=O)c1ccccc1. The molecule has 0 bridgehead atoms. The summed E-state index contributed by atoms with van der Waals surface area (Å²) in [7, 11) is -3.97. The van der Waals surface area contributed by atoms with E-state index in [9.17, 15) is 13.2 Å². The molecule has 8 heteroatoms. The zero-order valence-electron chi connectivity index (χ0n) is 18.8. The smallest absolute Gasteiger partial charge is 0.264 e. The van der Waals surface area contributed by atoms with Crippen LogP contribution >= 0.6 is 11.6 Å². The van der Waals surface area contributed by atoms with E-state index in [0.717, 1.165) is 15.6 Å². The monoisotopic (exact) mass is 486 g/mol. The molecule has 0 heterocycles. The number of benzene rings is 3. The first-order valence-electron chi connectivity index (χ1n) is 10.5. The number of aryl methyl sites for hydroxylation is 1. The van der Waals surface area contributed by atoms with Crippen LogP contribution in [-0.4, -0.2) is 27.0 Å². The Labute approximate surface area is 200 Å². The van der Waals surface area contributed by atoms with Gasteiger partial charge in [-0.2, -0.15) is 0 Å². The van der Waals surface area contributed by atoms with Crippen LogP contribution in [0.1, 0.15) is 25.0 Å². The Kier molecular flexibility index (Phi) is 8.00. The second-order valence-corrected chi connectivity index (χ2v) is 10.1. The summed E-state index contributed by atoms with van der Waals surface area (Å²) in [6, 6.07) is 20.3. The van der Waals surface area contributed by atoms with Crippen LogP contribution in [0.4, 0.5) is 5.69 Å². The van der Waals surface area contributed by atoms with Crippen LogP contribution < -0.4 is 14.4 Å². The van der Waals surface area contributed by atoms with Gasteiger partial charge in [0.25, 0.3) is 10.0 Å². The van der Waals surface area contributed by atoms with Gasteiger partial charge < -0.3 is 10.1 Å². The average molecular weight is 487 g/mol. The molecule has 0 unspecified atom stereocenters. The van der Waals surface area contributed by atoms with Gasteiger partial charge in [0.15, 0.2) is 0 Å². The number of amides is 1. The summed E-state index contributed by atoms with van der Waals surface area (Å²) in [6.07, 6.45) is 0.0735. The van der Waals surface area contributed by atoms with Gasteiger partial charge in [0, 0.05) is 11.6 Å². The number of hydrogen-bond acceptors (Lipinski definition) is 4. The number of nitrogens with zero attached hydrogens (tertiary/aromatic N) is 1. The molecule has 174 valence electrons. The maximum Gasteiger partial charge on any atom is 0.264 e. The fraction of sp³-hybridized carbons (Fsp3) is 0.240. The van der Waals surface area contributed by atoms with Crippen molar-refractivity contribution in [2.45, 2.75) is 38.3 Å². The minimum atomic E-state index is -3.97. The van der Waals surface area contributed by atoms with Gasteiger partial charge in [-0.1, -0.05) is 41.9 Å². The first kappa shape index (κ1) is 24.6. The molecule has 33 heavy (non-hydrogen) atoms. The Hall–Kier alpha value is -3.03. The summed E-state index contributed by atoms with van der Waals surface area (Å²) in [6.45, 7) is 5.55. The second kappa shape index (κ2) is 10.7. The van der Waals surface area contributed by atoms with Gasteiger partial charge >= 0.3 is 0 Å². The highest BCUT2D eigenvalue weighted by molar-refractivity contribution is 7.92. The van der Waals surface area contributed by atoms with E-state index in [0.29, 0.717) is 16.3 Å². The summed E-state index contributed by atoms with van der Waals surface area (Å²) in [4.78, 5) is 12.9. The summed E-state index contributed by atoms with van der Waals surface area (Å²) < 4.78 is 33.5. The predicted molar refractivity (Wildman–Crippen MR) is 131 cm³/mol. The molecule has 1 N–H and O–H groups in total. The molecule has 0 saturated carbocycles. The molecule has 6 nitrogen and oxygen atoms in total. The van der Waals surface area contributed by atoms with Crippen molar-refractivity contribution in [2.75, 3.05) is 10.8 Å². The van der Waals surface area contributed by atoms with Crippen LogP contribution in [0.15, 0.2) is 77.7 Å². The van der Waals surface area contributed by atoms with E-state index in [1.165, 1.54) is 12.1 Å². The Morgan fingerprint density at radius 1 is 1.03 bits per heavy atom.